The Bertz CT molecular complexity index is 272. The normalized spacial score (nSPS) is 21.8. The van der Waals surface area contributed by atoms with Crippen molar-refractivity contribution in [3.63, 3.8) is 0 Å². The minimum atomic E-state index is -0.190. The molecule has 2 atom stereocenters. The molecule has 1 fully saturated rings. The van der Waals surface area contributed by atoms with Gasteiger partial charge in [0, 0.05) is 25.7 Å². The molecule has 0 aromatic carbocycles. The molecule has 4 N–H and O–H groups in total. The minimum Gasteiger partial charge on any atom is -0.368 e. The Morgan fingerprint density at radius 1 is 1.11 bits per heavy atom. The van der Waals surface area contributed by atoms with Gasteiger partial charge in [-0.05, 0) is 38.8 Å². The highest BCUT2D eigenvalue weighted by atomic mass is 16.1. The second-order valence-electron chi connectivity index (χ2n) is 5.39. The van der Waals surface area contributed by atoms with E-state index in [2.05, 4.69) is 16.7 Å². The van der Waals surface area contributed by atoms with Gasteiger partial charge in [-0.25, -0.2) is 0 Å². The Labute approximate surface area is 117 Å². The Hall–Kier alpha value is -0.650. The average molecular weight is 270 g/mol. The Balaban J connectivity index is 2.57. The van der Waals surface area contributed by atoms with Crippen LogP contribution in [0.2, 0.25) is 0 Å². The molecule has 1 heterocycles. The second-order valence-corrected chi connectivity index (χ2v) is 5.39. The van der Waals surface area contributed by atoms with E-state index in [1.807, 2.05) is 6.92 Å². The first-order valence-electron chi connectivity index (χ1n) is 7.61. The van der Waals surface area contributed by atoms with E-state index in [0.717, 1.165) is 58.4 Å². The zero-order chi connectivity index (χ0) is 14.3. The van der Waals surface area contributed by atoms with E-state index < -0.39 is 0 Å². The van der Waals surface area contributed by atoms with Crippen LogP contribution in [0.15, 0.2) is 0 Å². The van der Waals surface area contributed by atoms with Crippen molar-refractivity contribution in [2.75, 3.05) is 32.7 Å². The van der Waals surface area contributed by atoms with Gasteiger partial charge in [0.15, 0.2) is 0 Å². The lowest BCUT2D eigenvalue weighted by atomic mass is 10.1. The molecule has 5 heteroatoms. The van der Waals surface area contributed by atoms with Crippen molar-refractivity contribution < 1.29 is 4.79 Å². The molecule has 0 aromatic rings. The van der Waals surface area contributed by atoms with Crippen LogP contribution in [-0.4, -0.2) is 60.5 Å². The zero-order valence-electron chi connectivity index (χ0n) is 12.5. The van der Waals surface area contributed by atoms with Crippen LogP contribution in [-0.2, 0) is 4.79 Å². The van der Waals surface area contributed by atoms with Crippen molar-refractivity contribution in [2.24, 2.45) is 11.5 Å². The Morgan fingerprint density at radius 2 is 1.74 bits per heavy atom. The fraction of sp³-hybridized carbons (Fsp3) is 0.929. The number of primary amides is 1. The average Bonchev–Trinajstić information content (AvgIpc) is 2.62. The second kappa shape index (κ2) is 8.51. The van der Waals surface area contributed by atoms with Crippen molar-refractivity contribution >= 4 is 5.91 Å². The van der Waals surface area contributed by atoms with E-state index >= 15 is 0 Å². The number of hydrogen-bond acceptors (Lipinski definition) is 4. The summed E-state index contributed by atoms with van der Waals surface area (Å²) < 4.78 is 0. The summed E-state index contributed by atoms with van der Waals surface area (Å²) in [5, 5.41) is 0. The number of nitrogens with two attached hydrogens (primary N) is 2. The maximum atomic E-state index is 11.5. The molecule has 0 aliphatic carbocycles. The summed E-state index contributed by atoms with van der Waals surface area (Å²) in [6.07, 6.45) is 4.11. The summed E-state index contributed by atoms with van der Waals surface area (Å²) in [5.74, 6) is -0.190. The van der Waals surface area contributed by atoms with Crippen molar-refractivity contribution in [1.29, 1.82) is 0 Å². The molecule has 2 unspecified atom stereocenters. The molecule has 0 radical (unpaired) electrons. The van der Waals surface area contributed by atoms with Crippen molar-refractivity contribution in [3.8, 4) is 0 Å². The van der Waals surface area contributed by atoms with Gasteiger partial charge in [-0.2, -0.15) is 0 Å². The summed E-state index contributed by atoms with van der Waals surface area (Å²) in [6, 6.07) is 0.480. The third-order valence-electron chi connectivity index (χ3n) is 4.21. The molecular weight excluding hydrogens is 240 g/mol. The lowest BCUT2D eigenvalue weighted by Crippen LogP contribution is -2.46. The molecule has 0 bridgehead atoms. The Morgan fingerprint density at radius 3 is 2.26 bits per heavy atom. The number of amides is 1. The molecule has 0 spiro atoms. The summed E-state index contributed by atoms with van der Waals surface area (Å²) >= 11 is 0. The molecule has 0 aromatic heterocycles. The topological polar surface area (TPSA) is 75.6 Å². The summed E-state index contributed by atoms with van der Waals surface area (Å²) in [6.45, 7) is 9.02. The highest BCUT2D eigenvalue weighted by Gasteiger charge is 2.26. The molecule has 1 rings (SSSR count). The quantitative estimate of drug-likeness (QED) is 0.701. The molecule has 1 aliphatic heterocycles. The zero-order valence-corrected chi connectivity index (χ0v) is 12.5. The number of rotatable bonds is 7. The van der Waals surface area contributed by atoms with Gasteiger partial charge in [0.05, 0.1) is 6.04 Å². The first-order chi connectivity index (χ1) is 9.13. The molecule has 112 valence electrons. The third-order valence-corrected chi connectivity index (χ3v) is 4.21. The van der Waals surface area contributed by atoms with Gasteiger partial charge in [-0.1, -0.05) is 13.8 Å². The van der Waals surface area contributed by atoms with E-state index in [0.29, 0.717) is 6.04 Å². The van der Waals surface area contributed by atoms with Crippen LogP contribution < -0.4 is 11.5 Å². The van der Waals surface area contributed by atoms with Gasteiger partial charge in [0.25, 0.3) is 0 Å². The van der Waals surface area contributed by atoms with E-state index in [4.69, 9.17) is 11.5 Å². The first kappa shape index (κ1) is 16.4. The monoisotopic (exact) mass is 270 g/mol. The van der Waals surface area contributed by atoms with Crippen molar-refractivity contribution in [1.82, 2.24) is 9.80 Å². The lowest BCUT2D eigenvalue weighted by molar-refractivity contribution is -0.123. The lowest BCUT2D eigenvalue weighted by Gasteiger charge is -2.30. The fourth-order valence-corrected chi connectivity index (χ4v) is 3.11. The van der Waals surface area contributed by atoms with Crippen LogP contribution in [0.1, 0.15) is 39.5 Å². The molecular formula is C14H30N4O. The molecule has 1 saturated heterocycles. The van der Waals surface area contributed by atoms with Crippen LogP contribution in [0.5, 0.6) is 0 Å². The highest BCUT2D eigenvalue weighted by Crippen LogP contribution is 2.14. The number of hydrogen-bond donors (Lipinski definition) is 2. The van der Waals surface area contributed by atoms with E-state index in [1.54, 1.807) is 0 Å². The molecule has 1 amide bonds. The number of nitrogens with zero attached hydrogens (tertiary/aromatic N) is 2. The minimum absolute atomic E-state index is 0.102. The summed E-state index contributed by atoms with van der Waals surface area (Å²) in [4.78, 5) is 16.2. The van der Waals surface area contributed by atoms with Gasteiger partial charge < -0.3 is 11.5 Å². The molecule has 1 aliphatic rings. The first-order valence-corrected chi connectivity index (χ1v) is 7.61. The number of carbonyl (C=O) groups excluding carboxylic acids is 1. The van der Waals surface area contributed by atoms with Gasteiger partial charge in [-0.15, -0.1) is 0 Å². The standard InChI is InChI=1S/C14H30N4O/c1-3-12(6-7-15)17-8-5-9-18(11-10-17)13(4-2)14(16)19/h12-13H,3-11,15H2,1-2H3,(H2,16,19). The van der Waals surface area contributed by atoms with E-state index in [9.17, 15) is 4.79 Å². The van der Waals surface area contributed by atoms with Crippen LogP contribution in [0, 0.1) is 0 Å². The van der Waals surface area contributed by atoms with Crippen molar-refractivity contribution in [2.45, 2.75) is 51.6 Å². The highest BCUT2D eigenvalue weighted by molar-refractivity contribution is 5.79. The van der Waals surface area contributed by atoms with Crippen LogP contribution in [0.4, 0.5) is 0 Å². The van der Waals surface area contributed by atoms with Crippen LogP contribution in [0.25, 0.3) is 0 Å². The summed E-state index contributed by atoms with van der Waals surface area (Å²) in [5.41, 5.74) is 11.2. The smallest absolute Gasteiger partial charge is 0.234 e. The molecule has 5 nitrogen and oxygen atoms in total. The fourth-order valence-electron chi connectivity index (χ4n) is 3.11. The van der Waals surface area contributed by atoms with Gasteiger partial charge in [0.2, 0.25) is 5.91 Å². The van der Waals surface area contributed by atoms with Gasteiger partial charge in [-0.3, -0.25) is 14.6 Å². The predicted octanol–water partition coefficient (Wildman–Crippen LogP) is 0.385. The SMILES string of the molecule is CCC(CCN)N1CCCN(C(CC)C(N)=O)CC1. The largest absolute Gasteiger partial charge is 0.368 e. The van der Waals surface area contributed by atoms with Crippen molar-refractivity contribution in [3.05, 3.63) is 0 Å². The summed E-state index contributed by atoms with van der Waals surface area (Å²) in [7, 11) is 0. The van der Waals surface area contributed by atoms with E-state index in [1.165, 1.54) is 0 Å². The molecule has 0 saturated carbocycles. The maximum absolute atomic E-state index is 11.5. The predicted molar refractivity (Wildman–Crippen MR) is 78.8 cm³/mol. The third kappa shape index (κ3) is 4.75. The van der Waals surface area contributed by atoms with E-state index in [-0.39, 0.29) is 11.9 Å². The number of carbonyl (C=O) groups is 1. The van der Waals surface area contributed by atoms with Crippen LogP contribution in [0.3, 0.4) is 0 Å². The maximum Gasteiger partial charge on any atom is 0.234 e. The molecule has 19 heavy (non-hydrogen) atoms. The van der Waals surface area contributed by atoms with Gasteiger partial charge in [0.1, 0.15) is 0 Å². The van der Waals surface area contributed by atoms with Gasteiger partial charge >= 0.3 is 0 Å². The van der Waals surface area contributed by atoms with Crippen LogP contribution >= 0.6 is 0 Å². The Kier molecular flexibility index (Phi) is 7.34.